The lowest BCUT2D eigenvalue weighted by Crippen LogP contribution is -1.94. The Bertz CT molecular complexity index is 216. The molecule has 0 amide bonds. The molecule has 0 fully saturated rings. The van der Waals surface area contributed by atoms with Crippen molar-refractivity contribution in [1.29, 1.82) is 0 Å². The van der Waals surface area contributed by atoms with Gasteiger partial charge in [-0.2, -0.15) is 0 Å². The summed E-state index contributed by atoms with van der Waals surface area (Å²) in [7, 11) is 0. The van der Waals surface area contributed by atoms with Crippen molar-refractivity contribution in [2.75, 3.05) is 0 Å². The fourth-order valence-electron chi connectivity index (χ4n) is 2.97. The summed E-state index contributed by atoms with van der Waals surface area (Å²) in [5, 5.41) is 0. The predicted octanol–water partition coefficient (Wildman–Crippen LogP) is 7.93. The highest BCUT2D eigenvalue weighted by Crippen LogP contribution is 2.17. The van der Waals surface area contributed by atoms with Gasteiger partial charge in [0.25, 0.3) is 0 Å². The molecule has 0 heterocycles. The normalized spacial score (nSPS) is 14.7. The van der Waals surface area contributed by atoms with Gasteiger partial charge in [0.2, 0.25) is 0 Å². The van der Waals surface area contributed by atoms with Crippen molar-refractivity contribution >= 4 is 0 Å². The van der Waals surface area contributed by atoms with Crippen LogP contribution in [0.3, 0.4) is 0 Å². The van der Waals surface area contributed by atoms with Crippen molar-refractivity contribution in [1.82, 2.24) is 0 Å². The van der Waals surface area contributed by atoms with Crippen LogP contribution in [-0.2, 0) is 0 Å². The summed E-state index contributed by atoms with van der Waals surface area (Å²) >= 11 is 0. The Morgan fingerprint density at radius 3 is 1.52 bits per heavy atom. The third kappa shape index (κ3) is 15.9. The number of hydrogen-bond acceptors (Lipinski definition) is 0. The number of allylic oxidation sites excluding steroid dienone is 2. The summed E-state index contributed by atoms with van der Waals surface area (Å²) < 4.78 is 0. The number of rotatable bonds is 15. The van der Waals surface area contributed by atoms with Crippen LogP contribution in [0.5, 0.6) is 0 Å². The summed E-state index contributed by atoms with van der Waals surface area (Å²) in [6.07, 6.45) is 22.9. The van der Waals surface area contributed by atoms with Crippen molar-refractivity contribution in [3.05, 3.63) is 12.2 Å². The van der Waals surface area contributed by atoms with Crippen molar-refractivity contribution in [2.24, 2.45) is 11.8 Å². The molecule has 0 aliphatic carbocycles. The Morgan fingerprint density at radius 2 is 1.00 bits per heavy atom. The summed E-state index contributed by atoms with van der Waals surface area (Å²) in [5.74, 6) is 1.88. The largest absolute Gasteiger partial charge is 0.0885 e. The van der Waals surface area contributed by atoms with E-state index in [0.29, 0.717) is 0 Å². The van der Waals surface area contributed by atoms with Gasteiger partial charge in [-0.3, -0.25) is 0 Å². The van der Waals surface area contributed by atoms with Crippen LogP contribution in [0.4, 0.5) is 0 Å². The van der Waals surface area contributed by atoms with E-state index in [-0.39, 0.29) is 0 Å². The van der Waals surface area contributed by atoms with E-state index in [2.05, 4.69) is 39.8 Å². The van der Waals surface area contributed by atoms with Gasteiger partial charge in [0, 0.05) is 0 Å². The van der Waals surface area contributed by atoms with E-state index in [9.17, 15) is 0 Å². The van der Waals surface area contributed by atoms with Crippen molar-refractivity contribution in [3.63, 3.8) is 0 Å². The Labute approximate surface area is 135 Å². The zero-order valence-electron chi connectivity index (χ0n) is 15.5. The second-order valence-corrected chi connectivity index (χ2v) is 7.18. The lowest BCUT2D eigenvalue weighted by Gasteiger charge is -2.09. The van der Waals surface area contributed by atoms with E-state index in [4.69, 9.17) is 0 Å². The van der Waals surface area contributed by atoms with Crippen LogP contribution in [-0.4, -0.2) is 0 Å². The van der Waals surface area contributed by atoms with Crippen LogP contribution in [0.15, 0.2) is 12.2 Å². The monoisotopic (exact) mass is 294 g/mol. The van der Waals surface area contributed by atoms with E-state index >= 15 is 0 Å². The first-order valence-electron chi connectivity index (χ1n) is 9.85. The topological polar surface area (TPSA) is 0 Å². The molecule has 0 aromatic heterocycles. The second kappa shape index (κ2) is 16.1. The van der Waals surface area contributed by atoms with Crippen molar-refractivity contribution in [3.8, 4) is 0 Å². The molecule has 21 heavy (non-hydrogen) atoms. The predicted molar refractivity (Wildman–Crippen MR) is 98.8 cm³/mol. The first-order valence-corrected chi connectivity index (χ1v) is 9.85. The molecular weight excluding hydrogens is 252 g/mol. The van der Waals surface area contributed by atoms with Gasteiger partial charge < -0.3 is 0 Å². The molecule has 0 rings (SSSR count). The first-order chi connectivity index (χ1) is 10.2. The van der Waals surface area contributed by atoms with Gasteiger partial charge in [-0.1, -0.05) is 97.6 Å². The van der Waals surface area contributed by atoms with Gasteiger partial charge in [0.05, 0.1) is 0 Å². The second-order valence-electron chi connectivity index (χ2n) is 7.18. The minimum atomic E-state index is 0.933. The molecule has 0 saturated carbocycles. The minimum absolute atomic E-state index is 0.933. The molecule has 2 atom stereocenters. The average Bonchev–Trinajstić information content (AvgIpc) is 2.49. The molecular formula is C21H42. The molecule has 0 N–H and O–H groups in total. The lowest BCUT2D eigenvalue weighted by molar-refractivity contribution is 0.450. The molecule has 0 bridgehead atoms. The third-order valence-electron chi connectivity index (χ3n) is 4.65. The van der Waals surface area contributed by atoms with Crippen LogP contribution in [0.25, 0.3) is 0 Å². The third-order valence-corrected chi connectivity index (χ3v) is 4.65. The van der Waals surface area contributed by atoms with E-state index in [0.717, 1.165) is 11.8 Å². The van der Waals surface area contributed by atoms with E-state index in [1.807, 2.05) is 0 Å². The van der Waals surface area contributed by atoms with Gasteiger partial charge in [-0.25, -0.2) is 0 Å². The van der Waals surface area contributed by atoms with Crippen LogP contribution >= 0.6 is 0 Å². The van der Waals surface area contributed by atoms with Crippen LogP contribution in [0.1, 0.15) is 111 Å². The van der Waals surface area contributed by atoms with E-state index in [1.54, 1.807) is 0 Å². The summed E-state index contributed by atoms with van der Waals surface area (Å²) in [5.41, 5.74) is 0. The molecule has 0 radical (unpaired) electrons. The van der Waals surface area contributed by atoms with Crippen molar-refractivity contribution < 1.29 is 0 Å². The van der Waals surface area contributed by atoms with Gasteiger partial charge in [-0.15, -0.1) is 0 Å². The molecule has 0 heteroatoms. The quantitative estimate of drug-likeness (QED) is 0.212. The Morgan fingerprint density at radius 1 is 0.571 bits per heavy atom. The maximum Gasteiger partial charge on any atom is -0.0351 e. The van der Waals surface area contributed by atoms with Crippen LogP contribution in [0.2, 0.25) is 0 Å². The molecule has 0 spiro atoms. The lowest BCUT2D eigenvalue weighted by atomic mass is 9.97. The fourth-order valence-corrected chi connectivity index (χ4v) is 2.97. The smallest absolute Gasteiger partial charge is 0.0351 e. The van der Waals surface area contributed by atoms with Gasteiger partial charge in [-0.05, 0) is 37.5 Å². The Balaban J connectivity index is 3.29. The maximum atomic E-state index is 2.42. The highest BCUT2D eigenvalue weighted by molar-refractivity contribution is 4.81. The molecule has 2 unspecified atom stereocenters. The molecule has 0 aliphatic rings. The number of unbranched alkanes of at least 4 members (excludes halogenated alkanes) is 5. The molecule has 0 aliphatic heterocycles. The maximum absolute atomic E-state index is 2.42. The Hall–Kier alpha value is -0.260. The van der Waals surface area contributed by atoms with Crippen LogP contribution in [0, 0.1) is 11.8 Å². The van der Waals surface area contributed by atoms with Crippen LogP contribution < -0.4 is 0 Å². The molecule has 126 valence electrons. The zero-order valence-corrected chi connectivity index (χ0v) is 15.5. The van der Waals surface area contributed by atoms with E-state index in [1.165, 1.54) is 83.5 Å². The summed E-state index contributed by atoms with van der Waals surface area (Å²) in [6.45, 7) is 9.42. The average molecular weight is 295 g/mol. The molecule has 0 aromatic rings. The molecule has 0 aromatic carbocycles. The van der Waals surface area contributed by atoms with Gasteiger partial charge in [0.1, 0.15) is 0 Å². The Kier molecular flexibility index (Phi) is 15.9. The van der Waals surface area contributed by atoms with E-state index < -0.39 is 0 Å². The minimum Gasteiger partial charge on any atom is -0.0885 e. The zero-order chi connectivity index (χ0) is 15.8. The van der Waals surface area contributed by atoms with Gasteiger partial charge >= 0.3 is 0 Å². The first kappa shape index (κ1) is 20.7. The molecule has 0 nitrogen and oxygen atoms in total. The SMILES string of the molecule is CCCCC(C)CCCC=CCCCCC(C)CCCC. The fraction of sp³-hybridized carbons (Fsp3) is 0.905. The highest BCUT2D eigenvalue weighted by atomic mass is 14.1. The highest BCUT2D eigenvalue weighted by Gasteiger charge is 2.01. The van der Waals surface area contributed by atoms with Gasteiger partial charge in [0.15, 0.2) is 0 Å². The summed E-state index contributed by atoms with van der Waals surface area (Å²) in [4.78, 5) is 0. The molecule has 0 saturated heterocycles. The van der Waals surface area contributed by atoms with Crippen molar-refractivity contribution in [2.45, 2.75) is 111 Å². The number of hydrogen-bond donors (Lipinski definition) is 0. The standard InChI is InChI=1S/C21H42/c1-5-7-16-20(3)18-14-12-10-9-11-13-15-19-21(4)17-8-6-2/h9-10,20-21H,5-8,11-19H2,1-4H3. The summed E-state index contributed by atoms with van der Waals surface area (Å²) in [6, 6.07) is 0.